The molecule has 1 aromatic carbocycles. The first kappa shape index (κ1) is 15.3. The van der Waals surface area contributed by atoms with E-state index in [1.807, 2.05) is 0 Å². The molecule has 1 heteroatoms. The molecule has 1 saturated carbocycles. The summed E-state index contributed by atoms with van der Waals surface area (Å²) < 4.78 is 0. The highest BCUT2D eigenvalue weighted by Crippen LogP contribution is 2.30. The van der Waals surface area contributed by atoms with E-state index >= 15 is 0 Å². The number of benzene rings is 1. The van der Waals surface area contributed by atoms with Gasteiger partial charge in [-0.1, -0.05) is 38.2 Å². The number of carbonyl (C=O) groups is 1. The molecule has 0 atom stereocenters. The molecular weight excluding hydrogens is 244 g/mol. The molecule has 20 heavy (non-hydrogen) atoms. The van der Waals surface area contributed by atoms with Gasteiger partial charge >= 0.3 is 0 Å². The Morgan fingerprint density at radius 1 is 0.850 bits per heavy atom. The summed E-state index contributed by atoms with van der Waals surface area (Å²) >= 11 is 0. The molecule has 1 aliphatic carbocycles. The smallest absolute Gasteiger partial charge is 0.166 e. The van der Waals surface area contributed by atoms with E-state index in [0.717, 1.165) is 18.4 Å². The quantitative estimate of drug-likeness (QED) is 0.653. The number of rotatable bonds is 2. The molecule has 110 valence electrons. The zero-order chi connectivity index (χ0) is 14.7. The molecule has 1 fully saturated rings. The van der Waals surface area contributed by atoms with Crippen LogP contribution >= 0.6 is 0 Å². The van der Waals surface area contributed by atoms with Crippen molar-refractivity contribution in [3.05, 3.63) is 33.9 Å². The Bertz CT molecular complexity index is 465. The predicted molar refractivity (Wildman–Crippen MR) is 85.5 cm³/mol. The third kappa shape index (κ3) is 3.13. The Labute approximate surface area is 123 Å². The van der Waals surface area contributed by atoms with Crippen LogP contribution in [0.15, 0.2) is 6.07 Å². The van der Waals surface area contributed by atoms with Gasteiger partial charge in [0.25, 0.3) is 0 Å². The summed E-state index contributed by atoms with van der Waals surface area (Å²) in [5, 5.41) is 0. The SMILES string of the molecule is Cc1cc(C)c(C)c(C(=O)C2CCCCCCC2)c1C. The van der Waals surface area contributed by atoms with Gasteiger partial charge in [0.1, 0.15) is 0 Å². The highest BCUT2D eigenvalue weighted by molar-refractivity contribution is 6.01. The van der Waals surface area contributed by atoms with Crippen LogP contribution in [0.5, 0.6) is 0 Å². The van der Waals surface area contributed by atoms with Crippen molar-refractivity contribution in [3.8, 4) is 0 Å². The molecule has 0 aromatic heterocycles. The van der Waals surface area contributed by atoms with E-state index in [1.165, 1.54) is 54.4 Å². The Hall–Kier alpha value is -1.11. The molecule has 0 radical (unpaired) electrons. The summed E-state index contributed by atoms with van der Waals surface area (Å²) in [7, 11) is 0. The van der Waals surface area contributed by atoms with Crippen LogP contribution in [0.3, 0.4) is 0 Å². The molecule has 0 spiro atoms. The Kier molecular flexibility index (Phi) is 5.01. The molecule has 1 aliphatic rings. The molecule has 0 heterocycles. The van der Waals surface area contributed by atoms with Crippen LogP contribution in [0.2, 0.25) is 0 Å². The Morgan fingerprint density at radius 2 is 1.30 bits per heavy atom. The van der Waals surface area contributed by atoms with Crippen LogP contribution in [0.4, 0.5) is 0 Å². The van der Waals surface area contributed by atoms with E-state index < -0.39 is 0 Å². The van der Waals surface area contributed by atoms with Crippen LogP contribution in [0, 0.1) is 33.6 Å². The van der Waals surface area contributed by atoms with Crippen molar-refractivity contribution in [2.75, 3.05) is 0 Å². The van der Waals surface area contributed by atoms with Gasteiger partial charge in [0.15, 0.2) is 5.78 Å². The van der Waals surface area contributed by atoms with Gasteiger partial charge in [-0.25, -0.2) is 0 Å². The van der Waals surface area contributed by atoms with Gasteiger partial charge in [0.05, 0.1) is 0 Å². The number of Topliss-reactive ketones (excluding diaryl/α,β-unsaturated/α-hetero) is 1. The lowest BCUT2D eigenvalue weighted by atomic mass is 9.81. The summed E-state index contributed by atoms with van der Waals surface area (Å²) in [5.74, 6) is 0.669. The maximum atomic E-state index is 13.0. The van der Waals surface area contributed by atoms with Crippen LogP contribution < -0.4 is 0 Å². The zero-order valence-electron chi connectivity index (χ0n) is 13.5. The second-order valence-corrected chi connectivity index (χ2v) is 6.54. The number of hydrogen-bond donors (Lipinski definition) is 0. The highest BCUT2D eigenvalue weighted by Gasteiger charge is 2.24. The van der Waals surface area contributed by atoms with E-state index in [4.69, 9.17) is 0 Å². The molecule has 0 bridgehead atoms. The second kappa shape index (κ2) is 6.56. The minimum absolute atomic E-state index is 0.258. The van der Waals surface area contributed by atoms with Crippen molar-refractivity contribution in [3.63, 3.8) is 0 Å². The summed E-state index contributed by atoms with van der Waals surface area (Å²) in [6, 6.07) is 2.21. The molecule has 1 aromatic rings. The number of aryl methyl sites for hydroxylation is 2. The lowest BCUT2D eigenvalue weighted by Crippen LogP contribution is -2.19. The fourth-order valence-electron chi connectivity index (χ4n) is 3.51. The summed E-state index contributed by atoms with van der Waals surface area (Å²) in [6.07, 6.45) is 8.57. The van der Waals surface area contributed by atoms with Crippen LogP contribution in [0.1, 0.15) is 77.6 Å². The Balaban J connectivity index is 2.32. The van der Waals surface area contributed by atoms with Crippen molar-refractivity contribution >= 4 is 5.78 Å². The summed E-state index contributed by atoms with van der Waals surface area (Å²) in [5.41, 5.74) is 5.91. The summed E-state index contributed by atoms with van der Waals surface area (Å²) in [4.78, 5) is 13.0. The zero-order valence-corrected chi connectivity index (χ0v) is 13.5. The van der Waals surface area contributed by atoms with Gasteiger partial charge in [-0.15, -0.1) is 0 Å². The van der Waals surface area contributed by atoms with Crippen LogP contribution in [-0.2, 0) is 0 Å². The van der Waals surface area contributed by atoms with Gasteiger partial charge in [-0.2, -0.15) is 0 Å². The number of hydrogen-bond acceptors (Lipinski definition) is 1. The van der Waals surface area contributed by atoms with Crippen molar-refractivity contribution in [1.29, 1.82) is 0 Å². The van der Waals surface area contributed by atoms with E-state index in [-0.39, 0.29) is 5.92 Å². The average Bonchev–Trinajstić information content (AvgIpc) is 2.36. The topological polar surface area (TPSA) is 17.1 Å². The van der Waals surface area contributed by atoms with Gasteiger partial charge in [-0.3, -0.25) is 4.79 Å². The molecular formula is C19H28O. The fraction of sp³-hybridized carbons (Fsp3) is 0.632. The van der Waals surface area contributed by atoms with Crippen LogP contribution in [0.25, 0.3) is 0 Å². The molecule has 0 saturated heterocycles. The van der Waals surface area contributed by atoms with Crippen molar-refractivity contribution in [2.24, 2.45) is 5.92 Å². The first-order valence-electron chi connectivity index (χ1n) is 8.14. The molecule has 0 amide bonds. The maximum absolute atomic E-state index is 13.0. The van der Waals surface area contributed by atoms with E-state index in [9.17, 15) is 4.79 Å². The molecule has 0 aliphatic heterocycles. The van der Waals surface area contributed by atoms with E-state index in [0.29, 0.717) is 5.78 Å². The number of carbonyl (C=O) groups excluding carboxylic acids is 1. The number of ketones is 1. The molecule has 0 unspecified atom stereocenters. The van der Waals surface area contributed by atoms with Gasteiger partial charge in [-0.05, 0) is 62.8 Å². The third-order valence-electron chi connectivity index (χ3n) is 5.09. The van der Waals surface area contributed by atoms with Crippen molar-refractivity contribution in [2.45, 2.75) is 72.6 Å². The fourth-order valence-corrected chi connectivity index (χ4v) is 3.51. The average molecular weight is 272 g/mol. The first-order valence-corrected chi connectivity index (χ1v) is 8.14. The minimum atomic E-state index is 0.258. The molecule has 0 N–H and O–H groups in total. The maximum Gasteiger partial charge on any atom is 0.166 e. The van der Waals surface area contributed by atoms with Gasteiger partial charge < -0.3 is 0 Å². The molecule has 1 nitrogen and oxygen atoms in total. The highest BCUT2D eigenvalue weighted by atomic mass is 16.1. The second-order valence-electron chi connectivity index (χ2n) is 6.54. The van der Waals surface area contributed by atoms with Gasteiger partial charge in [0.2, 0.25) is 0 Å². The third-order valence-corrected chi connectivity index (χ3v) is 5.09. The van der Waals surface area contributed by atoms with E-state index in [2.05, 4.69) is 33.8 Å². The van der Waals surface area contributed by atoms with Crippen molar-refractivity contribution < 1.29 is 4.79 Å². The molecule has 2 rings (SSSR count). The monoisotopic (exact) mass is 272 g/mol. The first-order chi connectivity index (χ1) is 9.52. The van der Waals surface area contributed by atoms with Crippen LogP contribution in [-0.4, -0.2) is 5.78 Å². The largest absolute Gasteiger partial charge is 0.294 e. The Morgan fingerprint density at radius 3 is 1.80 bits per heavy atom. The minimum Gasteiger partial charge on any atom is -0.294 e. The van der Waals surface area contributed by atoms with Gasteiger partial charge in [0, 0.05) is 11.5 Å². The summed E-state index contributed by atoms with van der Waals surface area (Å²) in [6.45, 7) is 8.46. The lowest BCUT2D eigenvalue weighted by Gasteiger charge is -2.22. The van der Waals surface area contributed by atoms with Crippen molar-refractivity contribution in [1.82, 2.24) is 0 Å². The van der Waals surface area contributed by atoms with E-state index in [1.54, 1.807) is 0 Å². The normalized spacial score (nSPS) is 17.6. The standard InChI is InChI=1S/C19H28O/c1-13-12-14(2)16(4)18(15(13)3)19(20)17-10-8-6-5-7-9-11-17/h12,17H,5-11H2,1-4H3. The predicted octanol–water partition coefficient (Wildman–Crippen LogP) is 5.46. The lowest BCUT2D eigenvalue weighted by molar-refractivity contribution is 0.0897.